The van der Waals surface area contributed by atoms with Crippen molar-refractivity contribution in [3.05, 3.63) is 35.9 Å². The van der Waals surface area contributed by atoms with Gasteiger partial charge in [-0.25, -0.2) is 0 Å². The number of hydrogen-bond acceptors (Lipinski definition) is 2. The smallest absolute Gasteiger partial charge is 0.0237 e. The molecule has 0 amide bonds. The summed E-state index contributed by atoms with van der Waals surface area (Å²) in [5.74, 6) is 0. The number of benzene rings is 1. The Kier molecular flexibility index (Phi) is 2.62. The maximum absolute atomic E-state index is 5.64. The summed E-state index contributed by atoms with van der Waals surface area (Å²) < 4.78 is 0. The number of rotatable bonds is 3. The Labute approximate surface area is 79.4 Å². The minimum Gasteiger partial charge on any atom is -0.329 e. The Balaban J connectivity index is 1.92. The molecule has 1 saturated heterocycles. The van der Waals surface area contributed by atoms with Crippen LogP contribution in [-0.2, 0) is 6.54 Å². The lowest BCUT2D eigenvalue weighted by molar-refractivity contribution is 0.0882. The fourth-order valence-corrected chi connectivity index (χ4v) is 1.79. The molecule has 1 fully saturated rings. The van der Waals surface area contributed by atoms with Crippen molar-refractivity contribution in [2.24, 2.45) is 5.73 Å². The second-order valence-corrected chi connectivity index (χ2v) is 3.63. The topological polar surface area (TPSA) is 29.3 Å². The van der Waals surface area contributed by atoms with Gasteiger partial charge in [-0.05, 0) is 12.0 Å². The second-order valence-electron chi connectivity index (χ2n) is 3.63. The van der Waals surface area contributed by atoms with E-state index in [1.807, 2.05) is 0 Å². The van der Waals surface area contributed by atoms with Crippen LogP contribution in [0.5, 0.6) is 0 Å². The Bertz CT molecular complexity index is 256. The molecule has 0 aliphatic carbocycles. The van der Waals surface area contributed by atoms with Crippen LogP contribution in [0.4, 0.5) is 0 Å². The van der Waals surface area contributed by atoms with Gasteiger partial charge in [0.15, 0.2) is 0 Å². The van der Waals surface area contributed by atoms with E-state index in [2.05, 4.69) is 35.2 Å². The zero-order valence-corrected chi connectivity index (χ0v) is 7.82. The summed E-state index contributed by atoms with van der Waals surface area (Å²) in [5.41, 5.74) is 7.03. The van der Waals surface area contributed by atoms with E-state index in [-0.39, 0.29) is 0 Å². The summed E-state index contributed by atoms with van der Waals surface area (Å²) in [6.45, 7) is 3.06. The van der Waals surface area contributed by atoms with Crippen molar-refractivity contribution < 1.29 is 0 Å². The maximum atomic E-state index is 5.64. The molecule has 1 aliphatic heterocycles. The van der Waals surface area contributed by atoms with Crippen molar-refractivity contribution in [1.29, 1.82) is 0 Å². The first-order chi connectivity index (χ1) is 6.40. The third-order valence-electron chi connectivity index (χ3n) is 2.77. The molecular formula is C11H16N2. The normalized spacial score (nSPS) is 22.7. The predicted molar refractivity (Wildman–Crippen MR) is 54.3 cm³/mol. The van der Waals surface area contributed by atoms with E-state index < -0.39 is 0 Å². The fourth-order valence-electron chi connectivity index (χ4n) is 1.79. The molecule has 0 unspecified atom stereocenters. The van der Waals surface area contributed by atoms with E-state index in [4.69, 9.17) is 5.73 Å². The van der Waals surface area contributed by atoms with Gasteiger partial charge in [0.25, 0.3) is 0 Å². The molecule has 1 heterocycles. The maximum Gasteiger partial charge on any atom is 0.0237 e. The molecule has 0 spiro atoms. The highest BCUT2D eigenvalue weighted by Gasteiger charge is 2.25. The Morgan fingerprint density at radius 3 is 2.62 bits per heavy atom. The van der Waals surface area contributed by atoms with Gasteiger partial charge < -0.3 is 5.73 Å². The van der Waals surface area contributed by atoms with Crippen molar-refractivity contribution in [3.8, 4) is 0 Å². The molecule has 70 valence electrons. The van der Waals surface area contributed by atoms with Gasteiger partial charge in [0.2, 0.25) is 0 Å². The number of likely N-dealkylation sites (tertiary alicyclic amines) is 1. The highest BCUT2D eigenvalue weighted by atomic mass is 15.2. The largest absolute Gasteiger partial charge is 0.329 e. The van der Waals surface area contributed by atoms with E-state index in [1.165, 1.54) is 18.5 Å². The van der Waals surface area contributed by atoms with Crippen LogP contribution in [0.25, 0.3) is 0 Å². The van der Waals surface area contributed by atoms with Gasteiger partial charge in [-0.3, -0.25) is 4.90 Å². The van der Waals surface area contributed by atoms with E-state index in [0.29, 0.717) is 6.04 Å². The van der Waals surface area contributed by atoms with Gasteiger partial charge in [-0.1, -0.05) is 30.3 Å². The summed E-state index contributed by atoms with van der Waals surface area (Å²) in [5, 5.41) is 0. The lowest BCUT2D eigenvalue weighted by Gasteiger charge is -2.40. The van der Waals surface area contributed by atoms with Gasteiger partial charge in [-0.15, -0.1) is 0 Å². The van der Waals surface area contributed by atoms with Gasteiger partial charge in [0.05, 0.1) is 0 Å². The highest BCUT2D eigenvalue weighted by Crippen LogP contribution is 2.18. The standard InChI is InChI=1S/C11H16N2/c12-8-11-6-7-13(11)9-10-4-2-1-3-5-10/h1-5,11H,6-9,12H2/t11-/m1/s1. The first-order valence-corrected chi connectivity index (χ1v) is 4.88. The summed E-state index contributed by atoms with van der Waals surface area (Å²) in [6, 6.07) is 11.2. The molecule has 0 bridgehead atoms. The highest BCUT2D eigenvalue weighted by molar-refractivity contribution is 5.15. The molecule has 2 rings (SSSR count). The number of nitrogens with zero attached hydrogens (tertiary/aromatic N) is 1. The van der Waals surface area contributed by atoms with Gasteiger partial charge in [0, 0.05) is 25.7 Å². The summed E-state index contributed by atoms with van der Waals surface area (Å²) >= 11 is 0. The molecule has 2 N–H and O–H groups in total. The molecule has 2 nitrogen and oxygen atoms in total. The quantitative estimate of drug-likeness (QED) is 0.750. The minimum absolute atomic E-state index is 0.625. The Morgan fingerprint density at radius 1 is 1.31 bits per heavy atom. The zero-order valence-electron chi connectivity index (χ0n) is 7.82. The zero-order chi connectivity index (χ0) is 9.10. The van der Waals surface area contributed by atoms with Crippen LogP contribution in [-0.4, -0.2) is 24.0 Å². The number of hydrogen-bond donors (Lipinski definition) is 1. The van der Waals surface area contributed by atoms with E-state index in [9.17, 15) is 0 Å². The first kappa shape index (κ1) is 8.73. The van der Waals surface area contributed by atoms with Crippen LogP contribution in [0.1, 0.15) is 12.0 Å². The van der Waals surface area contributed by atoms with Crippen molar-refractivity contribution in [2.45, 2.75) is 19.0 Å². The average molecular weight is 176 g/mol. The molecular weight excluding hydrogens is 160 g/mol. The van der Waals surface area contributed by atoms with Crippen LogP contribution in [0.3, 0.4) is 0 Å². The summed E-state index contributed by atoms with van der Waals surface area (Å²) in [7, 11) is 0. The molecule has 1 aromatic carbocycles. The minimum atomic E-state index is 0.625. The molecule has 1 aliphatic rings. The molecule has 0 radical (unpaired) electrons. The molecule has 1 aromatic rings. The van der Waals surface area contributed by atoms with E-state index in [0.717, 1.165) is 13.1 Å². The Morgan fingerprint density at radius 2 is 2.08 bits per heavy atom. The third-order valence-corrected chi connectivity index (χ3v) is 2.77. The monoisotopic (exact) mass is 176 g/mol. The molecule has 13 heavy (non-hydrogen) atoms. The molecule has 2 heteroatoms. The van der Waals surface area contributed by atoms with Crippen molar-refractivity contribution in [3.63, 3.8) is 0 Å². The summed E-state index contributed by atoms with van der Waals surface area (Å²) in [6.07, 6.45) is 1.27. The molecule has 0 aromatic heterocycles. The van der Waals surface area contributed by atoms with E-state index in [1.54, 1.807) is 0 Å². The van der Waals surface area contributed by atoms with Gasteiger partial charge >= 0.3 is 0 Å². The predicted octanol–water partition coefficient (Wildman–Crippen LogP) is 1.22. The molecule has 1 atom stereocenters. The van der Waals surface area contributed by atoms with Crippen molar-refractivity contribution in [1.82, 2.24) is 4.90 Å². The second kappa shape index (κ2) is 3.90. The fraction of sp³-hybridized carbons (Fsp3) is 0.455. The van der Waals surface area contributed by atoms with Crippen molar-refractivity contribution in [2.75, 3.05) is 13.1 Å². The van der Waals surface area contributed by atoms with E-state index >= 15 is 0 Å². The van der Waals surface area contributed by atoms with Crippen LogP contribution in [0.15, 0.2) is 30.3 Å². The first-order valence-electron chi connectivity index (χ1n) is 4.88. The third kappa shape index (κ3) is 1.90. The van der Waals surface area contributed by atoms with Crippen molar-refractivity contribution >= 4 is 0 Å². The van der Waals surface area contributed by atoms with Gasteiger partial charge in [-0.2, -0.15) is 0 Å². The average Bonchev–Trinajstić information content (AvgIpc) is 2.15. The SMILES string of the molecule is NC[C@H]1CCN1Cc1ccccc1. The lowest BCUT2D eigenvalue weighted by atomic mass is 10.0. The Hall–Kier alpha value is -0.860. The van der Waals surface area contributed by atoms with Gasteiger partial charge in [0.1, 0.15) is 0 Å². The summed E-state index contributed by atoms with van der Waals surface area (Å²) in [4.78, 5) is 2.44. The van der Waals surface area contributed by atoms with Crippen LogP contribution >= 0.6 is 0 Å². The van der Waals surface area contributed by atoms with Crippen LogP contribution in [0.2, 0.25) is 0 Å². The number of nitrogens with two attached hydrogens (primary N) is 1. The van der Waals surface area contributed by atoms with Crippen LogP contribution in [0, 0.1) is 0 Å². The lowest BCUT2D eigenvalue weighted by Crippen LogP contribution is -2.50. The van der Waals surface area contributed by atoms with Crippen LogP contribution < -0.4 is 5.73 Å². The molecule has 0 saturated carbocycles.